The van der Waals surface area contributed by atoms with Gasteiger partial charge in [0.2, 0.25) is 0 Å². The molecule has 1 aromatic heterocycles. The van der Waals surface area contributed by atoms with Gasteiger partial charge in [-0.2, -0.15) is 15.3 Å². The molecule has 1 heterocycles. The smallest absolute Gasteiger partial charge is 0.177 e. The molecule has 16 heavy (non-hydrogen) atoms. The molecule has 0 N–H and O–H groups in total. The van der Waals surface area contributed by atoms with Crippen LogP contribution in [0, 0.1) is 28.6 Å². The third-order valence-electron chi connectivity index (χ3n) is 2.58. The Bertz CT molecular complexity index is 433. The lowest BCUT2D eigenvalue weighted by molar-refractivity contribution is 0.426. The first-order valence-corrected chi connectivity index (χ1v) is 5.37. The average Bonchev–Trinajstić information content (AvgIpc) is 3.05. The molecule has 0 amide bonds. The van der Waals surface area contributed by atoms with Gasteiger partial charge in [0.1, 0.15) is 0 Å². The van der Waals surface area contributed by atoms with E-state index in [1.54, 1.807) is 0 Å². The van der Waals surface area contributed by atoms with E-state index in [2.05, 4.69) is 21.5 Å². The van der Waals surface area contributed by atoms with E-state index in [-0.39, 0.29) is 5.92 Å². The Hall–Kier alpha value is -1.95. The van der Waals surface area contributed by atoms with Crippen molar-refractivity contribution in [3.05, 3.63) is 5.82 Å². The summed E-state index contributed by atoms with van der Waals surface area (Å²) in [6.07, 6.45) is 3.24. The molecule has 0 radical (unpaired) electrons. The summed E-state index contributed by atoms with van der Waals surface area (Å²) in [6, 6.07) is 4.19. The van der Waals surface area contributed by atoms with Crippen molar-refractivity contribution in [1.29, 1.82) is 10.5 Å². The van der Waals surface area contributed by atoms with E-state index in [1.165, 1.54) is 4.80 Å². The van der Waals surface area contributed by atoms with Crippen molar-refractivity contribution in [2.24, 2.45) is 5.92 Å². The van der Waals surface area contributed by atoms with Crippen LogP contribution in [0.25, 0.3) is 0 Å². The van der Waals surface area contributed by atoms with Gasteiger partial charge in [0, 0.05) is 12.3 Å². The van der Waals surface area contributed by atoms with Crippen molar-refractivity contribution >= 4 is 0 Å². The normalized spacial score (nSPS) is 16.4. The van der Waals surface area contributed by atoms with Crippen molar-refractivity contribution in [1.82, 2.24) is 20.2 Å². The quantitative estimate of drug-likeness (QED) is 0.732. The molecule has 0 aromatic carbocycles. The molecule has 1 aromatic rings. The Labute approximate surface area is 93.5 Å². The van der Waals surface area contributed by atoms with Gasteiger partial charge in [0.15, 0.2) is 5.82 Å². The molecule has 0 bridgehead atoms. The lowest BCUT2D eigenvalue weighted by Crippen LogP contribution is -2.12. The minimum atomic E-state index is -0.207. The zero-order valence-corrected chi connectivity index (χ0v) is 8.87. The standard InChI is InChI=1S/C10H12N6/c11-5-1-2-8(6-12)7-16-14-10(13-15-16)9-3-4-9/h8-9H,1-4,7H2/t8-/m0/s1. The number of nitriles is 2. The van der Waals surface area contributed by atoms with E-state index in [4.69, 9.17) is 10.5 Å². The van der Waals surface area contributed by atoms with Crippen LogP contribution in [0.1, 0.15) is 37.4 Å². The predicted molar refractivity (Wildman–Crippen MR) is 53.7 cm³/mol. The van der Waals surface area contributed by atoms with Gasteiger partial charge in [-0.15, -0.1) is 10.2 Å². The zero-order chi connectivity index (χ0) is 11.4. The summed E-state index contributed by atoms with van der Waals surface area (Å²) < 4.78 is 0. The van der Waals surface area contributed by atoms with Crippen LogP contribution >= 0.6 is 0 Å². The highest BCUT2D eigenvalue weighted by atomic mass is 15.6. The molecule has 1 aliphatic carbocycles. The Kier molecular flexibility index (Phi) is 3.11. The average molecular weight is 216 g/mol. The van der Waals surface area contributed by atoms with Crippen LogP contribution in [0.4, 0.5) is 0 Å². The van der Waals surface area contributed by atoms with Gasteiger partial charge in [-0.25, -0.2) is 0 Å². The number of hydrogen-bond acceptors (Lipinski definition) is 5. The van der Waals surface area contributed by atoms with Crippen LogP contribution in [0.2, 0.25) is 0 Å². The molecular weight excluding hydrogens is 204 g/mol. The SMILES string of the molecule is N#CCC[C@@H](C#N)Cn1nnc(C2CC2)n1. The number of hydrogen-bond donors (Lipinski definition) is 0. The number of rotatable bonds is 5. The van der Waals surface area contributed by atoms with Gasteiger partial charge < -0.3 is 0 Å². The van der Waals surface area contributed by atoms with Crippen LogP contribution in [0.15, 0.2) is 0 Å². The summed E-state index contributed by atoms with van der Waals surface area (Å²) in [5, 5.41) is 29.4. The van der Waals surface area contributed by atoms with Gasteiger partial charge in [-0.1, -0.05) is 0 Å². The molecule has 6 heteroatoms. The Balaban J connectivity index is 1.91. The minimum Gasteiger partial charge on any atom is -0.198 e. The van der Waals surface area contributed by atoms with Gasteiger partial charge in [0.25, 0.3) is 0 Å². The van der Waals surface area contributed by atoms with Crippen molar-refractivity contribution < 1.29 is 0 Å². The second kappa shape index (κ2) is 4.71. The first kappa shape index (κ1) is 10.6. The highest BCUT2D eigenvalue weighted by Gasteiger charge is 2.28. The van der Waals surface area contributed by atoms with Crippen molar-refractivity contribution in [3.8, 4) is 12.1 Å². The van der Waals surface area contributed by atoms with Crippen LogP contribution in [0.5, 0.6) is 0 Å². The summed E-state index contributed by atoms with van der Waals surface area (Å²) in [7, 11) is 0. The van der Waals surface area contributed by atoms with E-state index in [9.17, 15) is 0 Å². The first-order chi connectivity index (χ1) is 7.83. The van der Waals surface area contributed by atoms with Crippen LogP contribution < -0.4 is 0 Å². The molecule has 1 aliphatic rings. The largest absolute Gasteiger partial charge is 0.198 e. The Morgan fingerprint density at radius 3 is 2.88 bits per heavy atom. The number of tetrazole rings is 1. The third kappa shape index (κ3) is 2.54. The Morgan fingerprint density at radius 1 is 1.44 bits per heavy atom. The van der Waals surface area contributed by atoms with Gasteiger partial charge in [-0.05, 0) is 24.5 Å². The topological polar surface area (TPSA) is 91.2 Å². The van der Waals surface area contributed by atoms with E-state index >= 15 is 0 Å². The summed E-state index contributed by atoms with van der Waals surface area (Å²) in [4.78, 5) is 1.47. The molecule has 0 saturated heterocycles. The molecule has 1 saturated carbocycles. The van der Waals surface area contributed by atoms with Crippen molar-refractivity contribution in [2.45, 2.75) is 38.1 Å². The van der Waals surface area contributed by atoms with Crippen LogP contribution in [-0.2, 0) is 6.54 Å². The number of nitrogens with zero attached hydrogens (tertiary/aromatic N) is 6. The first-order valence-electron chi connectivity index (χ1n) is 5.37. The number of aromatic nitrogens is 4. The summed E-state index contributed by atoms with van der Waals surface area (Å²) >= 11 is 0. The molecule has 2 rings (SSSR count). The van der Waals surface area contributed by atoms with E-state index < -0.39 is 0 Å². The highest BCUT2D eigenvalue weighted by Crippen LogP contribution is 2.37. The molecule has 82 valence electrons. The fraction of sp³-hybridized carbons (Fsp3) is 0.700. The van der Waals surface area contributed by atoms with Crippen LogP contribution in [0.3, 0.4) is 0 Å². The second-order valence-electron chi connectivity index (χ2n) is 4.00. The maximum absolute atomic E-state index is 8.89. The molecule has 0 unspecified atom stereocenters. The Morgan fingerprint density at radius 2 is 2.25 bits per heavy atom. The molecule has 0 spiro atoms. The van der Waals surface area contributed by atoms with E-state index in [0.717, 1.165) is 18.7 Å². The van der Waals surface area contributed by atoms with Gasteiger partial charge >= 0.3 is 0 Å². The van der Waals surface area contributed by atoms with Gasteiger partial charge in [-0.3, -0.25) is 0 Å². The zero-order valence-electron chi connectivity index (χ0n) is 8.87. The molecule has 0 aliphatic heterocycles. The van der Waals surface area contributed by atoms with Crippen molar-refractivity contribution in [3.63, 3.8) is 0 Å². The van der Waals surface area contributed by atoms with Crippen molar-refractivity contribution in [2.75, 3.05) is 0 Å². The molecule has 1 fully saturated rings. The van der Waals surface area contributed by atoms with E-state index in [0.29, 0.717) is 25.3 Å². The fourth-order valence-electron chi connectivity index (χ4n) is 1.47. The maximum atomic E-state index is 8.89. The maximum Gasteiger partial charge on any atom is 0.177 e. The second-order valence-corrected chi connectivity index (χ2v) is 4.00. The van der Waals surface area contributed by atoms with E-state index in [1.807, 2.05) is 6.07 Å². The summed E-state index contributed by atoms with van der Waals surface area (Å²) in [5.74, 6) is 1.06. The minimum absolute atomic E-state index is 0.207. The summed E-state index contributed by atoms with van der Waals surface area (Å²) in [5.41, 5.74) is 0. The lowest BCUT2D eigenvalue weighted by Gasteiger charge is -2.03. The van der Waals surface area contributed by atoms with Gasteiger partial charge in [0.05, 0.1) is 24.6 Å². The monoisotopic (exact) mass is 216 g/mol. The fourth-order valence-corrected chi connectivity index (χ4v) is 1.47. The third-order valence-corrected chi connectivity index (χ3v) is 2.58. The molecular formula is C10H12N6. The highest BCUT2D eigenvalue weighted by molar-refractivity contribution is 5.00. The molecule has 1 atom stereocenters. The molecule has 6 nitrogen and oxygen atoms in total. The predicted octanol–water partition coefficient (Wildman–Crippen LogP) is 0.994. The lowest BCUT2D eigenvalue weighted by atomic mass is 10.1. The summed E-state index contributed by atoms with van der Waals surface area (Å²) in [6.45, 7) is 0.428. The van der Waals surface area contributed by atoms with Crippen LogP contribution in [-0.4, -0.2) is 20.2 Å².